The summed E-state index contributed by atoms with van der Waals surface area (Å²) in [7, 11) is 1.53. The molecule has 2 atom stereocenters. The molecule has 7 heteroatoms. The Hall–Kier alpha value is -2.02. The summed E-state index contributed by atoms with van der Waals surface area (Å²) >= 11 is 1.31. The first-order valence-electron chi connectivity index (χ1n) is 6.87. The van der Waals surface area contributed by atoms with Gasteiger partial charge in [0.25, 0.3) is 0 Å². The van der Waals surface area contributed by atoms with Crippen molar-refractivity contribution in [3.63, 3.8) is 0 Å². The molecule has 0 bridgehead atoms. The fraction of sp³-hybridized carbons (Fsp3) is 0.400. The Labute approximate surface area is 133 Å². The number of benzene rings is 1. The van der Waals surface area contributed by atoms with Crippen LogP contribution in [0.5, 0.6) is 5.75 Å². The van der Waals surface area contributed by atoms with E-state index in [1.54, 1.807) is 38.1 Å². The van der Waals surface area contributed by atoms with Crippen molar-refractivity contribution in [2.24, 2.45) is 0 Å². The molecule has 22 heavy (non-hydrogen) atoms. The monoisotopic (exact) mass is 322 g/mol. The number of imide groups is 1. The third-order valence-electron chi connectivity index (χ3n) is 3.29. The molecule has 0 spiro atoms. The Bertz CT molecular complexity index is 585. The van der Waals surface area contributed by atoms with Gasteiger partial charge in [-0.1, -0.05) is 6.07 Å². The zero-order valence-corrected chi connectivity index (χ0v) is 13.5. The minimum absolute atomic E-state index is 0.274. The highest BCUT2D eigenvalue weighted by Gasteiger charge is 2.37. The number of rotatable bonds is 4. The number of amides is 3. The Kier molecular flexibility index (Phi) is 5.07. The minimum atomic E-state index is -0.416. The number of hydrogen-bond acceptors (Lipinski definition) is 5. The molecule has 1 fully saturated rings. The smallest absolute Gasteiger partial charge is 0.244 e. The molecule has 1 heterocycles. The zero-order chi connectivity index (χ0) is 16.3. The van der Waals surface area contributed by atoms with Crippen LogP contribution < -0.4 is 10.1 Å². The van der Waals surface area contributed by atoms with Gasteiger partial charge >= 0.3 is 0 Å². The van der Waals surface area contributed by atoms with Gasteiger partial charge in [-0.2, -0.15) is 0 Å². The molecule has 1 aliphatic rings. The molecule has 1 aromatic carbocycles. The van der Waals surface area contributed by atoms with E-state index in [1.165, 1.54) is 18.9 Å². The molecule has 1 N–H and O–H groups in total. The molecule has 6 nitrogen and oxygen atoms in total. The lowest BCUT2D eigenvalue weighted by atomic mass is 10.2. The van der Waals surface area contributed by atoms with Crippen molar-refractivity contribution in [3.05, 3.63) is 24.3 Å². The summed E-state index contributed by atoms with van der Waals surface area (Å²) < 4.78 is 5.08. The van der Waals surface area contributed by atoms with Crippen molar-refractivity contribution in [1.82, 2.24) is 4.90 Å². The van der Waals surface area contributed by atoms with E-state index in [9.17, 15) is 14.4 Å². The topological polar surface area (TPSA) is 75.7 Å². The largest absolute Gasteiger partial charge is 0.497 e. The van der Waals surface area contributed by atoms with Gasteiger partial charge in [-0.25, -0.2) is 0 Å². The third-order valence-corrected chi connectivity index (χ3v) is 4.51. The van der Waals surface area contributed by atoms with Gasteiger partial charge in [0.05, 0.1) is 17.6 Å². The van der Waals surface area contributed by atoms with Gasteiger partial charge in [0, 0.05) is 11.8 Å². The number of thioether (sulfide) groups is 1. The Morgan fingerprint density at radius 2 is 1.91 bits per heavy atom. The fourth-order valence-corrected chi connectivity index (χ4v) is 3.27. The van der Waals surface area contributed by atoms with Crippen LogP contribution in [0, 0.1) is 0 Å². The standard InChI is InChI=1S/C15H18N2O4S/c1-9-14(19)17(15(20)10(2)22-9)8-13(18)16-11-5-4-6-12(7-11)21-3/h4-7,9-10H,8H2,1-3H3,(H,16,18)/t9-,10-/m1/s1. The molecular weight excluding hydrogens is 304 g/mol. The molecule has 1 aromatic rings. The van der Waals surface area contributed by atoms with Crippen molar-refractivity contribution in [2.75, 3.05) is 19.0 Å². The van der Waals surface area contributed by atoms with Crippen molar-refractivity contribution in [3.8, 4) is 5.75 Å². The van der Waals surface area contributed by atoms with Gasteiger partial charge in [-0.3, -0.25) is 19.3 Å². The number of carbonyl (C=O) groups is 3. The quantitative estimate of drug-likeness (QED) is 0.851. The second-order valence-corrected chi connectivity index (χ2v) is 6.65. The number of carbonyl (C=O) groups excluding carboxylic acids is 3. The normalized spacial score (nSPS) is 21.7. The molecule has 0 radical (unpaired) electrons. The SMILES string of the molecule is COc1cccc(NC(=O)CN2C(=O)[C@@H](C)S[C@H](C)C2=O)c1. The van der Waals surface area contributed by atoms with E-state index in [2.05, 4.69) is 5.32 Å². The van der Waals surface area contributed by atoms with Gasteiger partial charge < -0.3 is 10.1 Å². The molecule has 118 valence electrons. The molecule has 3 amide bonds. The van der Waals surface area contributed by atoms with Gasteiger partial charge in [0.15, 0.2) is 0 Å². The summed E-state index contributed by atoms with van der Waals surface area (Å²) in [4.78, 5) is 37.2. The summed E-state index contributed by atoms with van der Waals surface area (Å²) in [6.07, 6.45) is 0. The number of hydrogen-bond donors (Lipinski definition) is 1. The summed E-state index contributed by atoms with van der Waals surface area (Å²) in [6.45, 7) is 3.20. The summed E-state index contributed by atoms with van der Waals surface area (Å²) in [5, 5.41) is 2.02. The zero-order valence-electron chi connectivity index (χ0n) is 12.7. The minimum Gasteiger partial charge on any atom is -0.497 e. The first-order valence-corrected chi connectivity index (χ1v) is 7.81. The van der Waals surface area contributed by atoms with Crippen LogP contribution >= 0.6 is 11.8 Å². The highest BCUT2D eigenvalue weighted by atomic mass is 32.2. The van der Waals surface area contributed by atoms with Gasteiger partial charge in [0.1, 0.15) is 12.3 Å². The van der Waals surface area contributed by atoms with Gasteiger partial charge in [-0.05, 0) is 26.0 Å². The predicted octanol–water partition coefficient (Wildman–Crippen LogP) is 1.51. The summed E-state index contributed by atoms with van der Waals surface area (Å²) in [5.74, 6) is -0.453. The summed E-state index contributed by atoms with van der Waals surface area (Å²) in [6, 6.07) is 6.88. The molecule has 1 saturated heterocycles. The molecule has 1 aliphatic heterocycles. The average molecular weight is 322 g/mol. The van der Waals surface area contributed by atoms with Gasteiger partial charge in [-0.15, -0.1) is 11.8 Å². The van der Waals surface area contributed by atoms with Crippen molar-refractivity contribution in [1.29, 1.82) is 0 Å². The van der Waals surface area contributed by atoms with Crippen LogP contribution in [0.1, 0.15) is 13.8 Å². The molecule has 0 unspecified atom stereocenters. The van der Waals surface area contributed by atoms with Crippen molar-refractivity contribution >= 4 is 35.2 Å². The number of methoxy groups -OCH3 is 1. The lowest BCUT2D eigenvalue weighted by Crippen LogP contribution is -2.52. The van der Waals surface area contributed by atoms with E-state index < -0.39 is 5.91 Å². The molecule has 2 rings (SSSR count). The second kappa shape index (κ2) is 6.83. The maximum Gasteiger partial charge on any atom is 0.244 e. The Morgan fingerprint density at radius 3 is 2.50 bits per heavy atom. The first kappa shape index (κ1) is 16.4. The highest BCUT2D eigenvalue weighted by molar-refractivity contribution is 8.02. The van der Waals surface area contributed by atoms with Crippen molar-refractivity contribution < 1.29 is 19.1 Å². The van der Waals surface area contributed by atoms with E-state index >= 15 is 0 Å². The van der Waals surface area contributed by atoms with Crippen LogP contribution in [-0.2, 0) is 14.4 Å². The van der Waals surface area contributed by atoms with Crippen molar-refractivity contribution in [2.45, 2.75) is 24.3 Å². The fourth-order valence-electron chi connectivity index (χ4n) is 2.17. The Balaban J connectivity index is 2.04. The third kappa shape index (κ3) is 3.59. The maximum absolute atomic E-state index is 12.1. The lowest BCUT2D eigenvalue weighted by Gasteiger charge is -2.31. The second-order valence-electron chi connectivity index (χ2n) is 4.96. The van der Waals surface area contributed by atoms with E-state index in [0.29, 0.717) is 11.4 Å². The first-order chi connectivity index (χ1) is 10.4. The maximum atomic E-state index is 12.1. The molecule has 0 aliphatic carbocycles. The van der Waals surface area contributed by atoms with E-state index in [0.717, 1.165) is 4.90 Å². The highest BCUT2D eigenvalue weighted by Crippen LogP contribution is 2.26. The van der Waals surface area contributed by atoms with Gasteiger partial charge in [0.2, 0.25) is 17.7 Å². The molecule has 0 aromatic heterocycles. The Morgan fingerprint density at radius 1 is 1.27 bits per heavy atom. The molecule has 0 saturated carbocycles. The van der Waals surface area contributed by atoms with Crippen LogP contribution in [0.15, 0.2) is 24.3 Å². The van der Waals surface area contributed by atoms with Crippen LogP contribution in [0.3, 0.4) is 0 Å². The number of nitrogens with zero attached hydrogens (tertiary/aromatic N) is 1. The molecular formula is C15H18N2O4S. The summed E-state index contributed by atoms with van der Waals surface area (Å²) in [5.41, 5.74) is 0.553. The van der Waals surface area contributed by atoms with E-state index in [-0.39, 0.29) is 28.9 Å². The van der Waals surface area contributed by atoms with Crippen LogP contribution in [-0.4, -0.2) is 46.8 Å². The van der Waals surface area contributed by atoms with E-state index in [1.807, 2.05) is 0 Å². The number of nitrogens with one attached hydrogen (secondary N) is 1. The number of ether oxygens (including phenoxy) is 1. The van der Waals surface area contributed by atoms with E-state index in [4.69, 9.17) is 4.74 Å². The van der Waals surface area contributed by atoms with Crippen LogP contribution in [0.4, 0.5) is 5.69 Å². The lowest BCUT2D eigenvalue weighted by molar-refractivity contribution is -0.147. The predicted molar refractivity (Wildman–Crippen MR) is 84.9 cm³/mol. The average Bonchev–Trinajstić information content (AvgIpc) is 2.50. The van der Waals surface area contributed by atoms with Crippen LogP contribution in [0.25, 0.3) is 0 Å². The van der Waals surface area contributed by atoms with Crippen LogP contribution in [0.2, 0.25) is 0 Å². The number of anilines is 1.